The second-order valence-corrected chi connectivity index (χ2v) is 3.45. The molecule has 1 heterocycles. The topological polar surface area (TPSA) is 29.1 Å². The summed E-state index contributed by atoms with van der Waals surface area (Å²) in [6.45, 7) is 3.39. The van der Waals surface area contributed by atoms with Gasteiger partial charge < -0.3 is 9.80 Å². The second kappa shape index (κ2) is 4.13. The Morgan fingerprint density at radius 2 is 1.73 bits per heavy atom. The first-order valence-corrected chi connectivity index (χ1v) is 3.73. The molecule has 11 heavy (non-hydrogen) atoms. The molecule has 1 aliphatic heterocycles. The maximum absolute atomic E-state index is 9.70. The average Bonchev–Trinajstić information content (AvgIpc) is 1.84. The molecule has 64 valence electrons. The summed E-state index contributed by atoms with van der Waals surface area (Å²) in [7, 11) is 6.54. The van der Waals surface area contributed by atoms with Gasteiger partial charge in [0.1, 0.15) is 0 Å². The lowest BCUT2D eigenvalue weighted by Gasteiger charge is -2.20. The standard InChI is InChI=1S/C5H14N.C3H3NO/c1-5-6(2,3)4;5-3-1-2-4-3/h5H2,1-4H3;1-2H,(H,4,5)/q+1;. The van der Waals surface area contributed by atoms with Gasteiger partial charge in [-0.15, -0.1) is 0 Å². The zero-order valence-corrected chi connectivity index (χ0v) is 7.72. The van der Waals surface area contributed by atoms with E-state index in [0.717, 1.165) is 4.48 Å². The van der Waals surface area contributed by atoms with Crippen LogP contribution in [-0.2, 0) is 4.79 Å². The first kappa shape index (κ1) is 10.2. The largest absolute Gasteiger partial charge is 0.331 e. The number of hydrogen-bond donors (Lipinski definition) is 1. The summed E-state index contributed by atoms with van der Waals surface area (Å²) in [5.41, 5.74) is 0. The molecule has 0 bridgehead atoms. The lowest BCUT2D eigenvalue weighted by Crippen LogP contribution is -2.33. The number of hydrogen-bond acceptors (Lipinski definition) is 1. The van der Waals surface area contributed by atoms with Gasteiger partial charge in [-0.25, -0.2) is 0 Å². The summed E-state index contributed by atoms with van der Waals surface area (Å²) in [5.74, 6) is 0.00463. The Balaban J connectivity index is 0.000000183. The molecule has 0 atom stereocenters. The minimum Gasteiger partial charge on any atom is -0.331 e. The zero-order valence-electron chi connectivity index (χ0n) is 7.72. The van der Waals surface area contributed by atoms with Gasteiger partial charge in [0.05, 0.1) is 27.7 Å². The normalized spacial score (nSPS) is 14.4. The summed E-state index contributed by atoms with van der Waals surface area (Å²) >= 11 is 0. The minimum atomic E-state index is 0.00463. The number of amides is 1. The van der Waals surface area contributed by atoms with Crippen molar-refractivity contribution in [1.29, 1.82) is 0 Å². The molecule has 0 spiro atoms. The van der Waals surface area contributed by atoms with Crippen molar-refractivity contribution in [2.24, 2.45) is 0 Å². The van der Waals surface area contributed by atoms with Crippen molar-refractivity contribution >= 4 is 5.91 Å². The third kappa shape index (κ3) is 7.06. The molecule has 0 aromatic heterocycles. The van der Waals surface area contributed by atoms with Gasteiger partial charge >= 0.3 is 0 Å². The summed E-state index contributed by atoms with van der Waals surface area (Å²) < 4.78 is 1.07. The highest BCUT2D eigenvalue weighted by Gasteiger charge is 1.97. The molecule has 0 fully saturated rings. The zero-order chi connectivity index (χ0) is 8.91. The van der Waals surface area contributed by atoms with Crippen LogP contribution in [0.1, 0.15) is 6.92 Å². The van der Waals surface area contributed by atoms with Crippen LogP contribution < -0.4 is 5.32 Å². The summed E-state index contributed by atoms with van der Waals surface area (Å²) in [4.78, 5) is 9.70. The Bertz CT molecular complexity index is 156. The Hall–Kier alpha value is -0.830. The third-order valence-electron chi connectivity index (χ3n) is 1.41. The summed E-state index contributed by atoms with van der Waals surface area (Å²) in [6.07, 6.45) is 3.07. The van der Waals surface area contributed by atoms with Crippen LogP contribution in [0.2, 0.25) is 0 Å². The minimum absolute atomic E-state index is 0.00463. The van der Waals surface area contributed by atoms with Crippen LogP contribution in [0.5, 0.6) is 0 Å². The van der Waals surface area contributed by atoms with E-state index in [1.165, 1.54) is 12.6 Å². The Labute approximate surface area is 68.3 Å². The van der Waals surface area contributed by atoms with E-state index in [1.54, 1.807) is 6.20 Å². The Morgan fingerprint density at radius 3 is 1.73 bits per heavy atom. The average molecular weight is 157 g/mol. The molecule has 0 aromatic carbocycles. The smallest absolute Gasteiger partial charge is 0.249 e. The van der Waals surface area contributed by atoms with Crippen molar-refractivity contribution in [3.05, 3.63) is 12.3 Å². The lowest BCUT2D eigenvalue weighted by molar-refractivity contribution is -0.868. The van der Waals surface area contributed by atoms with E-state index in [9.17, 15) is 4.79 Å². The predicted octanol–water partition coefficient (Wildman–Crippen LogP) is 0.342. The van der Waals surface area contributed by atoms with Gasteiger partial charge in [-0.2, -0.15) is 0 Å². The SMILES string of the molecule is CC[N+](C)(C)C.O=C1C=CN1. The first-order valence-electron chi connectivity index (χ1n) is 3.73. The molecule has 0 saturated carbocycles. The van der Waals surface area contributed by atoms with Crippen LogP contribution in [0.15, 0.2) is 12.3 Å². The fourth-order valence-electron chi connectivity index (χ4n) is 0.151. The van der Waals surface area contributed by atoms with Crippen molar-refractivity contribution in [2.75, 3.05) is 27.7 Å². The number of nitrogens with one attached hydrogen (secondary N) is 1. The van der Waals surface area contributed by atoms with E-state index in [1.807, 2.05) is 0 Å². The Morgan fingerprint density at radius 1 is 1.45 bits per heavy atom. The first-order chi connectivity index (χ1) is 4.95. The Kier molecular flexibility index (Phi) is 3.82. The van der Waals surface area contributed by atoms with E-state index in [0.29, 0.717) is 0 Å². The molecule has 0 aromatic rings. The van der Waals surface area contributed by atoms with Gasteiger partial charge in [0.2, 0.25) is 5.91 Å². The van der Waals surface area contributed by atoms with Crippen LogP contribution in [0.25, 0.3) is 0 Å². The molecule has 1 rings (SSSR count). The maximum Gasteiger partial charge on any atom is 0.249 e. The molecule has 3 nitrogen and oxygen atoms in total. The number of rotatable bonds is 1. The van der Waals surface area contributed by atoms with E-state index in [-0.39, 0.29) is 5.91 Å². The predicted molar refractivity (Wildman–Crippen MR) is 45.9 cm³/mol. The van der Waals surface area contributed by atoms with Crippen LogP contribution in [0, 0.1) is 0 Å². The van der Waals surface area contributed by atoms with Gasteiger partial charge in [-0.3, -0.25) is 4.79 Å². The monoisotopic (exact) mass is 157 g/mol. The highest BCUT2D eigenvalue weighted by atomic mass is 16.2. The van der Waals surface area contributed by atoms with E-state index in [4.69, 9.17) is 0 Å². The summed E-state index contributed by atoms with van der Waals surface area (Å²) in [6, 6.07) is 0. The lowest BCUT2D eigenvalue weighted by atomic mass is 10.4. The van der Waals surface area contributed by atoms with Gasteiger partial charge in [-0.05, 0) is 6.92 Å². The quantitative estimate of drug-likeness (QED) is 0.546. The highest BCUT2D eigenvalue weighted by molar-refractivity contribution is 5.93. The van der Waals surface area contributed by atoms with E-state index >= 15 is 0 Å². The molecular weight excluding hydrogens is 140 g/mol. The molecule has 1 amide bonds. The molecule has 0 saturated heterocycles. The molecule has 1 aliphatic rings. The van der Waals surface area contributed by atoms with Gasteiger partial charge in [0, 0.05) is 12.3 Å². The fraction of sp³-hybridized carbons (Fsp3) is 0.625. The molecule has 0 aliphatic carbocycles. The molecular formula is C8H17N2O+. The molecule has 0 unspecified atom stereocenters. The maximum atomic E-state index is 9.70. The summed E-state index contributed by atoms with van der Waals surface area (Å²) in [5, 5.41) is 2.39. The third-order valence-corrected chi connectivity index (χ3v) is 1.41. The number of carbonyl (C=O) groups excluding carboxylic acids is 1. The van der Waals surface area contributed by atoms with Crippen LogP contribution >= 0.6 is 0 Å². The van der Waals surface area contributed by atoms with Crippen molar-refractivity contribution in [3.63, 3.8) is 0 Å². The van der Waals surface area contributed by atoms with E-state index in [2.05, 4.69) is 33.4 Å². The highest BCUT2D eigenvalue weighted by Crippen LogP contribution is 1.83. The number of carbonyl (C=O) groups is 1. The van der Waals surface area contributed by atoms with Crippen molar-refractivity contribution in [3.8, 4) is 0 Å². The second-order valence-electron chi connectivity index (χ2n) is 3.45. The number of quaternary nitrogens is 1. The van der Waals surface area contributed by atoms with E-state index < -0.39 is 0 Å². The molecule has 3 heteroatoms. The van der Waals surface area contributed by atoms with Crippen LogP contribution in [0.3, 0.4) is 0 Å². The van der Waals surface area contributed by atoms with Gasteiger partial charge in [-0.1, -0.05) is 0 Å². The van der Waals surface area contributed by atoms with Gasteiger partial charge in [0.25, 0.3) is 0 Å². The van der Waals surface area contributed by atoms with Crippen molar-refractivity contribution < 1.29 is 9.28 Å². The van der Waals surface area contributed by atoms with Crippen molar-refractivity contribution in [1.82, 2.24) is 5.32 Å². The van der Waals surface area contributed by atoms with Crippen LogP contribution in [-0.4, -0.2) is 38.1 Å². The number of nitrogens with zero attached hydrogens (tertiary/aromatic N) is 1. The molecule has 1 N–H and O–H groups in total. The van der Waals surface area contributed by atoms with Gasteiger partial charge in [0.15, 0.2) is 0 Å². The fourth-order valence-corrected chi connectivity index (χ4v) is 0.151. The van der Waals surface area contributed by atoms with Crippen LogP contribution in [0.4, 0.5) is 0 Å². The van der Waals surface area contributed by atoms with Crippen molar-refractivity contribution in [2.45, 2.75) is 6.92 Å². The molecule has 0 radical (unpaired) electrons.